The molecule has 0 bridgehead atoms. The van der Waals surface area contributed by atoms with Crippen LogP contribution in [0.3, 0.4) is 0 Å². The van der Waals surface area contributed by atoms with E-state index < -0.39 is 0 Å². The highest BCUT2D eigenvalue weighted by molar-refractivity contribution is 6.30. The second kappa shape index (κ2) is 7.27. The Morgan fingerprint density at radius 3 is 2.47 bits per heavy atom. The van der Waals surface area contributed by atoms with E-state index in [1.165, 1.54) is 0 Å². The van der Waals surface area contributed by atoms with Crippen molar-refractivity contribution >= 4 is 11.6 Å². The fourth-order valence-electron chi connectivity index (χ4n) is 1.99. The van der Waals surface area contributed by atoms with Crippen LogP contribution in [0.25, 0.3) is 0 Å². The summed E-state index contributed by atoms with van der Waals surface area (Å²) in [5.41, 5.74) is 2.11. The van der Waals surface area contributed by atoms with E-state index in [0.29, 0.717) is 23.5 Å². The Bertz CT molecular complexity index is 402. The van der Waals surface area contributed by atoms with Gasteiger partial charge in [-0.2, -0.15) is 5.10 Å². The molecule has 0 amide bonds. The summed E-state index contributed by atoms with van der Waals surface area (Å²) < 4.78 is 1.72. The van der Waals surface area contributed by atoms with E-state index in [1.807, 2.05) is 20.9 Å². The van der Waals surface area contributed by atoms with Crippen molar-refractivity contribution in [2.75, 3.05) is 6.54 Å². The molecular formula is C14H26ClN3O. The van der Waals surface area contributed by atoms with Crippen LogP contribution >= 0.6 is 11.6 Å². The molecule has 1 unspecified atom stereocenters. The van der Waals surface area contributed by atoms with Crippen molar-refractivity contribution in [2.24, 2.45) is 13.0 Å². The number of rotatable bonds is 7. The van der Waals surface area contributed by atoms with Crippen LogP contribution in [0.2, 0.25) is 5.15 Å². The number of hydrogen-bond donors (Lipinski definition) is 2. The third-order valence-electron chi connectivity index (χ3n) is 3.34. The van der Waals surface area contributed by atoms with Gasteiger partial charge in [-0.15, -0.1) is 0 Å². The van der Waals surface area contributed by atoms with Gasteiger partial charge in [0.05, 0.1) is 11.8 Å². The zero-order chi connectivity index (χ0) is 14.6. The molecule has 0 aliphatic heterocycles. The summed E-state index contributed by atoms with van der Waals surface area (Å²) in [5, 5.41) is 18.2. The molecule has 4 nitrogen and oxygen atoms in total. The van der Waals surface area contributed by atoms with Crippen molar-refractivity contribution in [3.8, 4) is 0 Å². The maximum Gasteiger partial charge on any atom is 0.131 e. The van der Waals surface area contributed by atoms with E-state index in [2.05, 4.69) is 24.3 Å². The molecule has 0 radical (unpaired) electrons. The monoisotopic (exact) mass is 287 g/mol. The predicted octanol–water partition coefficient (Wildman–Crippen LogP) is 2.69. The topological polar surface area (TPSA) is 50.1 Å². The van der Waals surface area contributed by atoms with E-state index in [-0.39, 0.29) is 6.10 Å². The summed E-state index contributed by atoms with van der Waals surface area (Å²) in [6, 6.07) is 0. The average Bonchev–Trinajstić information content (AvgIpc) is 2.62. The van der Waals surface area contributed by atoms with Crippen LogP contribution in [0.5, 0.6) is 0 Å². The average molecular weight is 288 g/mol. The highest BCUT2D eigenvalue weighted by Gasteiger charge is 2.16. The fraction of sp³-hybridized carbons (Fsp3) is 0.786. The Hall–Kier alpha value is -0.580. The van der Waals surface area contributed by atoms with Crippen LogP contribution in [0.1, 0.15) is 51.3 Å². The zero-order valence-electron chi connectivity index (χ0n) is 12.6. The first-order chi connectivity index (χ1) is 8.84. The lowest BCUT2D eigenvalue weighted by molar-refractivity contribution is 0.116. The normalized spacial score (nSPS) is 13.5. The van der Waals surface area contributed by atoms with Gasteiger partial charge in [-0.1, -0.05) is 39.3 Å². The summed E-state index contributed by atoms with van der Waals surface area (Å²) in [6.45, 7) is 9.77. The minimum atomic E-state index is -0.249. The fourth-order valence-corrected chi connectivity index (χ4v) is 2.19. The lowest BCUT2D eigenvalue weighted by Gasteiger charge is -2.14. The lowest BCUT2D eigenvalue weighted by atomic mass is 10.0. The highest BCUT2D eigenvalue weighted by atomic mass is 35.5. The molecule has 19 heavy (non-hydrogen) atoms. The van der Waals surface area contributed by atoms with Crippen LogP contribution in [-0.4, -0.2) is 27.5 Å². The smallest absolute Gasteiger partial charge is 0.131 e. The Morgan fingerprint density at radius 2 is 1.95 bits per heavy atom. The molecule has 1 atom stereocenters. The Balaban J connectivity index is 2.54. The van der Waals surface area contributed by atoms with Gasteiger partial charge < -0.3 is 10.4 Å². The molecule has 0 aromatic carbocycles. The molecule has 1 heterocycles. The quantitative estimate of drug-likeness (QED) is 0.758. The van der Waals surface area contributed by atoms with Gasteiger partial charge in [0, 0.05) is 19.2 Å². The molecule has 0 spiro atoms. The van der Waals surface area contributed by atoms with Crippen LogP contribution in [0.15, 0.2) is 0 Å². The molecule has 0 saturated heterocycles. The SMILES string of the molecule is CC(C)c1nn(C)c(Cl)c1CNCCC(O)C(C)C. The molecular weight excluding hydrogens is 262 g/mol. The van der Waals surface area contributed by atoms with Crippen molar-refractivity contribution in [2.45, 2.75) is 52.7 Å². The van der Waals surface area contributed by atoms with Gasteiger partial charge in [-0.25, -0.2) is 0 Å². The molecule has 2 N–H and O–H groups in total. The van der Waals surface area contributed by atoms with Gasteiger partial charge in [0.1, 0.15) is 5.15 Å². The minimum absolute atomic E-state index is 0.249. The van der Waals surface area contributed by atoms with Gasteiger partial charge in [0.15, 0.2) is 0 Å². The van der Waals surface area contributed by atoms with Crippen molar-refractivity contribution in [3.63, 3.8) is 0 Å². The molecule has 0 aliphatic rings. The first kappa shape index (κ1) is 16.5. The van der Waals surface area contributed by atoms with E-state index >= 15 is 0 Å². The summed E-state index contributed by atoms with van der Waals surface area (Å²) in [4.78, 5) is 0. The maximum absolute atomic E-state index is 9.74. The molecule has 110 valence electrons. The molecule has 0 saturated carbocycles. The second-order valence-electron chi connectivity index (χ2n) is 5.71. The molecule has 1 aromatic rings. The molecule has 1 rings (SSSR count). The summed E-state index contributed by atoms with van der Waals surface area (Å²) in [5.74, 6) is 0.659. The van der Waals surface area contributed by atoms with E-state index in [0.717, 1.165) is 24.2 Å². The molecule has 0 aliphatic carbocycles. The van der Waals surface area contributed by atoms with Gasteiger partial charge in [-0.3, -0.25) is 4.68 Å². The number of hydrogen-bond acceptors (Lipinski definition) is 3. The van der Waals surface area contributed by atoms with Crippen molar-refractivity contribution in [1.82, 2.24) is 15.1 Å². The number of aliphatic hydroxyl groups excluding tert-OH is 1. The highest BCUT2D eigenvalue weighted by Crippen LogP contribution is 2.24. The summed E-state index contributed by atoms with van der Waals surface area (Å²) in [7, 11) is 1.86. The third-order valence-corrected chi connectivity index (χ3v) is 3.81. The molecule has 5 heteroatoms. The molecule has 0 fully saturated rings. The summed E-state index contributed by atoms with van der Waals surface area (Å²) >= 11 is 6.26. The van der Waals surface area contributed by atoms with E-state index in [9.17, 15) is 5.11 Å². The second-order valence-corrected chi connectivity index (χ2v) is 6.07. The van der Waals surface area contributed by atoms with Crippen molar-refractivity contribution in [3.05, 3.63) is 16.4 Å². The van der Waals surface area contributed by atoms with Crippen LogP contribution < -0.4 is 5.32 Å². The van der Waals surface area contributed by atoms with Crippen LogP contribution in [-0.2, 0) is 13.6 Å². The minimum Gasteiger partial charge on any atom is -0.393 e. The standard InChI is InChI=1S/C14H26ClN3O/c1-9(2)12(19)6-7-16-8-11-13(10(3)4)17-18(5)14(11)15/h9-10,12,16,19H,6-8H2,1-5H3. The Kier molecular flexibility index (Phi) is 6.30. The molecule has 1 aromatic heterocycles. The maximum atomic E-state index is 9.74. The van der Waals surface area contributed by atoms with Crippen molar-refractivity contribution < 1.29 is 5.11 Å². The first-order valence-electron chi connectivity index (χ1n) is 6.94. The Labute approximate surface area is 121 Å². The van der Waals surface area contributed by atoms with Gasteiger partial charge >= 0.3 is 0 Å². The largest absolute Gasteiger partial charge is 0.393 e. The van der Waals surface area contributed by atoms with E-state index in [4.69, 9.17) is 11.6 Å². The van der Waals surface area contributed by atoms with Crippen LogP contribution in [0.4, 0.5) is 0 Å². The lowest BCUT2D eigenvalue weighted by Crippen LogP contribution is -2.23. The zero-order valence-corrected chi connectivity index (χ0v) is 13.3. The number of nitrogens with zero attached hydrogens (tertiary/aromatic N) is 2. The number of aryl methyl sites for hydroxylation is 1. The number of nitrogens with one attached hydrogen (secondary N) is 1. The first-order valence-corrected chi connectivity index (χ1v) is 7.32. The van der Waals surface area contributed by atoms with Gasteiger partial charge in [-0.05, 0) is 24.8 Å². The van der Waals surface area contributed by atoms with Crippen LogP contribution in [0, 0.1) is 5.92 Å². The Morgan fingerprint density at radius 1 is 1.32 bits per heavy atom. The van der Waals surface area contributed by atoms with E-state index in [1.54, 1.807) is 4.68 Å². The summed E-state index contributed by atoms with van der Waals surface area (Å²) in [6.07, 6.45) is 0.508. The number of aromatic nitrogens is 2. The van der Waals surface area contributed by atoms with Gasteiger partial charge in [0.2, 0.25) is 0 Å². The number of aliphatic hydroxyl groups is 1. The van der Waals surface area contributed by atoms with Crippen molar-refractivity contribution in [1.29, 1.82) is 0 Å². The number of halogens is 1. The third kappa shape index (κ3) is 4.48. The van der Waals surface area contributed by atoms with Gasteiger partial charge in [0.25, 0.3) is 0 Å². The predicted molar refractivity (Wildman–Crippen MR) is 79.5 cm³/mol.